The van der Waals surface area contributed by atoms with E-state index in [-0.39, 0.29) is 18.5 Å². The van der Waals surface area contributed by atoms with Crippen LogP contribution in [0.1, 0.15) is 41.6 Å². The van der Waals surface area contributed by atoms with Crippen LogP contribution < -0.4 is 0 Å². The van der Waals surface area contributed by atoms with Crippen LogP contribution in [0.25, 0.3) is 11.5 Å². The summed E-state index contributed by atoms with van der Waals surface area (Å²) in [7, 11) is 0. The van der Waals surface area contributed by atoms with Gasteiger partial charge in [0, 0.05) is 23.0 Å². The Morgan fingerprint density at radius 2 is 1.90 bits per heavy atom. The topological polar surface area (TPSA) is 85.5 Å². The average Bonchev–Trinajstić information content (AvgIpc) is 3.50. The van der Waals surface area contributed by atoms with Crippen molar-refractivity contribution in [1.29, 1.82) is 0 Å². The molecule has 1 unspecified atom stereocenters. The Morgan fingerprint density at radius 1 is 1.16 bits per heavy atom. The SMILES string of the molecule is CC1(C(=O)N(Cc2nnc(-c3ccc(Cl)cc3)o2)C2CC2)Cc2ccccc2C(=O)O1. The van der Waals surface area contributed by atoms with Gasteiger partial charge in [-0.2, -0.15) is 0 Å². The van der Waals surface area contributed by atoms with Crippen molar-refractivity contribution in [3.63, 3.8) is 0 Å². The number of aromatic nitrogens is 2. The number of halogens is 1. The van der Waals surface area contributed by atoms with E-state index in [4.69, 9.17) is 20.8 Å². The lowest BCUT2D eigenvalue weighted by Crippen LogP contribution is -2.53. The molecule has 0 N–H and O–H groups in total. The minimum atomic E-state index is -1.27. The summed E-state index contributed by atoms with van der Waals surface area (Å²) in [6.07, 6.45) is 2.12. The fourth-order valence-electron chi connectivity index (χ4n) is 3.88. The van der Waals surface area contributed by atoms with Gasteiger partial charge in [0.15, 0.2) is 5.60 Å². The predicted octanol–water partition coefficient (Wildman–Crippen LogP) is 4.05. The maximum Gasteiger partial charge on any atom is 0.339 e. The van der Waals surface area contributed by atoms with E-state index in [1.54, 1.807) is 48.2 Å². The van der Waals surface area contributed by atoms with Gasteiger partial charge in [0.05, 0.1) is 12.1 Å². The molecule has 8 heteroatoms. The highest BCUT2D eigenvalue weighted by atomic mass is 35.5. The molecular weight excluding hydrogens is 418 g/mol. The van der Waals surface area contributed by atoms with Gasteiger partial charge >= 0.3 is 5.97 Å². The van der Waals surface area contributed by atoms with Gasteiger partial charge in [0.2, 0.25) is 11.8 Å². The summed E-state index contributed by atoms with van der Waals surface area (Å²) in [5.74, 6) is -0.0317. The lowest BCUT2D eigenvalue weighted by molar-refractivity contribution is -0.152. The van der Waals surface area contributed by atoms with E-state index in [0.29, 0.717) is 28.8 Å². The lowest BCUT2D eigenvalue weighted by atomic mass is 9.89. The van der Waals surface area contributed by atoms with Crippen molar-refractivity contribution >= 4 is 23.5 Å². The molecule has 2 heterocycles. The first kappa shape index (κ1) is 19.8. The summed E-state index contributed by atoms with van der Waals surface area (Å²) < 4.78 is 11.4. The molecule has 1 aliphatic heterocycles. The first-order chi connectivity index (χ1) is 14.9. The second-order valence-corrected chi connectivity index (χ2v) is 8.56. The second kappa shape index (κ2) is 7.50. The zero-order valence-electron chi connectivity index (χ0n) is 16.9. The van der Waals surface area contributed by atoms with E-state index in [2.05, 4.69) is 10.2 Å². The minimum absolute atomic E-state index is 0.0751. The van der Waals surface area contributed by atoms with Crippen LogP contribution in [-0.2, 0) is 22.5 Å². The molecule has 3 aromatic rings. The number of rotatable bonds is 5. The first-order valence-corrected chi connectivity index (χ1v) is 10.5. The molecule has 1 aliphatic carbocycles. The van der Waals surface area contributed by atoms with Crippen LogP contribution in [0, 0.1) is 0 Å². The number of amides is 1. The molecule has 2 aromatic carbocycles. The maximum absolute atomic E-state index is 13.5. The number of hydrogen-bond donors (Lipinski definition) is 0. The van der Waals surface area contributed by atoms with Crippen LogP contribution in [0.4, 0.5) is 0 Å². The van der Waals surface area contributed by atoms with E-state index in [9.17, 15) is 9.59 Å². The van der Waals surface area contributed by atoms with Crippen LogP contribution >= 0.6 is 11.6 Å². The van der Waals surface area contributed by atoms with Crippen LogP contribution in [0.3, 0.4) is 0 Å². The van der Waals surface area contributed by atoms with Crippen molar-refractivity contribution in [2.75, 3.05) is 0 Å². The fraction of sp³-hybridized carbons (Fsp3) is 0.304. The van der Waals surface area contributed by atoms with Gasteiger partial charge in [0.1, 0.15) is 0 Å². The molecule has 0 saturated heterocycles. The second-order valence-electron chi connectivity index (χ2n) is 8.13. The highest BCUT2D eigenvalue weighted by molar-refractivity contribution is 6.30. The average molecular weight is 438 g/mol. The highest BCUT2D eigenvalue weighted by Gasteiger charge is 2.48. The van der Waals surface area contributed by atoms with Crippen LogP contribution in [0.2, 0.25) is 5.02 Å². The van der Waals surface area contributed by atoms with Gasteiger partial charge < -0.3 is 14.1 Å². The Kier molecular flexibility index (Phi) is 4.78. The molecule has 5 rings (SSSR count). The zero-order valence-corrected chi connectivity index (χ0v) is 17.6. The van der Waals surface area contributed by atoms with Gasteiger partial charge in [-0.3, -0.25) is 4.79 Å². The number of fused-ring (bicyclic) bond motifs is 1. The predicted molar refractivity (Wildman–Crippen MR) is 112 cm³/mol. The summed E-state index contributed by atoms with van der Waals surface area (Å²) in [4.78, 5) is 27.7. The molecule has 1 atom stereocenters. The van der Waals surface area contributed by atoms with Gasteiger partial charge in [-0.15, -0.1) is 10.2 Å². The Bertz CT molecular complexity index is 1160. The standard InChI is InChI=1S/C23H20ClN3O4/c1-23(12-15-4-2-3-5-18(15)21(28)31-23)22(29)27(17-10-11-17)13-19-25-26-20(30-19)14-6-8-16(24)9-7-14/h2-9,17H,10-13H2,1H3. The summed E-state index contributed by atoms with van der Waals surface area (Å²) in [6.45, 7) is 1.84. The number of benzene rings is 2. The van der Waals surface area contributed by atoms with E-state index in [1.165, 1.54) is 0 Å². The normalized spacial score (nSPS) is 20.1. The molecule has 0 radical (unpaired) electrons. The molecule has 1 fully saturated rings. The number of carbonyl (C=O) groups excluding carboxylic acids is 2. The van der Waals surface area contributed by atoms with Gasteiger partial charge in [-0.25, -0.2) is 4.79 Å². The number of cyclic esters (lactones) is 1. The van der Waals surface area contributed by atoms with Crippen molar-refractivity contribution in [3.05, 3.63) is 70.6 Å². The molecule has 0 spiro atoms. The third-order valence-corrected chi connectivity index (χ3v) is 5.90. The fourth-order valence-corrected chi connectivity index (χ4v) is 4.01. The molecule has 1 aromatic heterocycles. The Balaban J connectivity index is 1.38. The highest BCUT2D eigenvalue weighted by Crippen LogP contribution is 2.35. The smallest absolute Gasteiger partial charge is 0.339 e. The van der Waals surface area contributed by atoms with Crippen molar-refractivity contribution in [2.24, 2.45) is 0 Å². The lowest BCUT2D eigenvalue weighted by Gasteiger charge is -2.37. The minimum Gasteiger partial charge on any atom is -0.445 e. The van der Waals surface area contributed by atoms with Gasteiger partial charge in [-0.05, 0) is 55.7 Å². The number of ether oxygens (including phenoxy) is 1. The molecule has 1 amide bonds. The Labute approximate surface area is 184 Å². The molecule has 2 aliphatic rings. The first-order valence-electron chi connectivity index (χ1n) is 10.1. The number of nitrogens with zero attached hydrogens (tertiary/aromatic N) is 3. The number of carbonyl (C=O) groups is 2. The van der Waals surface area contributed by atoms with Crippen LogP contribution in [-0.4, -0.2) is 38.6 Å². The Hall–Kier alpha value is -3.19. The third kappa shape index (κ3) is 3.81. The van der Waals surface area contributed by atoms with Crippen molar-refractivity contribution in [3.8, 4) is 11.5 Å². The largest absolute Gasteiger partial charge is 0.445 e. The zero-order chi connectivity index (χ0) is 21.6. The number of hydrogen-bond acceptors (Lipinski definition) is 6. The molecule has 7 nitrogen and oxygen atoms in total. The van der Waals surface area contributed by atoms with E-state index in [1.807, 2.05) is 12.1 Å². The van der Waals surface area contributed by atoms with E-state index >= 15 is 0 Å². The van der Waals surface area contributed by atoms with Gasteiger partial charge in [0.25, 0.3) is 5.91 Å². The van der Waals surface area contributed by atoms with Crippen LogP contribution in [0.15, 0.2) is 52.9 Å². The molecule has 1 saturated carbocycles. The van der Waals surface area contributed by atoms with Crippen LogP contribution in [0.5, 0.6) is 0 Å². The van der Waals surface area contributed by atoms with Crippen molar-refractivity contribution in [2.45, 2.75) is 44.4 Å². The molecular formula is C23H20ClN3O4. The summed E-state index contributed by atoms with van der Waals surface area (Å²) >= 11 is 5.93. The van der Waals surface area contributed by atoms with Crippen molar-refractivity contribution in [1.82, 2.24) is 15.1 Å². The molecule has 158 valence electrons. The number of esters is 1. The summed E-state index contributed by atoms with van der Waals surface area (Å²) in [5, 5.41) is 8.83. The summed E-state index contributed by atoms with van der Waals surface area (Å²) in [5.41, 5.74) is 0.799. The van der Waals surface area contributed by atoms with Crippen molar-refractivity contribution < 1.29 is 18.7 Å². The summed E-state index contributed by atoms with van der Waals surface area (Å²) in [6, 6.07) is 14.4. The van der Waals surface area contributed by atoms with E-state index < -0.39 is 11.6 Å². The Morgan fingerprint density at radius 3 is 2.65 bits per heavy atom. The molecule has 31 heavy (non-hydrogen) atoms. The third-order valence-electron chi connectivity index (χ3n) is 5.65. The molecule has 0 bridgehead atoms. The van der Waals surface area contributed by atoms with E-state index in [0.717, 1.165) is 24.0 Å². The monoisotopic (exact) mass is 437 g/mol. The maximum atomic E-state index is 13.5. The quantitative estimate of drug-likeness (QED) is 0.560. The van der Waals surface area contributed by atoms with Gasteiger partial charge in [-0.1, -0.05) is 29.8 Å².